The van der Waals surface area contributed by atoms with Crippen LogP contribution in [-0.2, 0) is 13.1 Å². The van der Waals surface area contributed by atoms with Crippen LogP contribution < -0.4 is 10.1 Å². The summed E-state index contributed by atoms with van der Waals surface area (Å²) in [6.07, 6.45) is 4.48. The van der Waals surface area contributed by atoms with Crippen LogP contribution in [0.25, 0.3) is 0 Å². The molecule has 3 rings (SSSR count). The average Bonchev–Trinajstić information content (AvgIpc) is 3.26. The van der Waals surface area contributed by atoms with Crippen molar-refractivity contribution in [2.75, 3.05) is 19.7 Å². The van der Waals surface area contributed by atoms with Gasteiger partial charge in [0.05, 0.1) is 6.61 Å². The number of aromatic nitrogens is 3. The predicted octanol–water partition coefficient (Wildman–Crippen LogP) is 1.70. The van der Waals surface area contributed by atoms with Gasteiger partial charge in [0, 0.05) is 50.7 Å². The van der Waals surface area contributed by atoms with Gasteiger partial charge in [-0.2, -0.15) is 5.10 Å². The summed E-state index contributed by atoms with van der Waals surface area (Å²) in [5.41, 5.74) is 1.77. The number of nitrogens with zero attached hydrogens (tertiary/aromatic N) is 4. The maximum Gasteiger partial charge on any atom is 0.269 e. The van der Waals surface area contributed by atoms with Crippen LogP contribution in [0.5, 0.6) is 5.88 Å². The summed E-state index contributed by atoms with van der Waals surface area (Å²) in [4.78, 5) is 19.0. The number of rotatable bonds is 7. The average molecular weight is 343 g/mol. The van der Waals surface area contributed by atoms with E-state index >= 15 is 0 Å². The summed E-state index contributed by atoms with van der Waals surface area (Å²) < 4.78 is 7.08. The molecular weight excluding hydrogens is 318 g/mol. The van der Waals surface area contributed by atoms with Crippen LogP contribution in [0.1, 0.15) is 36.3 Å². The van der Waals surface area contributed by atoms with Crippen molar-refractivity contribution in [1.29, 1.82) is 0 Å². The molecule has 7 nitrogen and oxygen atoms in total. The van der Waals surface area contributed by atoms with Crippen LogP contribution in [-0.4, -0.2) is 51.3 Å². The zero-order chi connectivity index (χ0) is 17.6. The van der Waals surface area contributed by atoms with Crippen molar-refractivity contribution < 1.29 is 9.53 Å². The van der Waals surface area contributed by atoms with E-state index in [1.807, 2.05) is 32.2 Å². The Balaban J connectivity index is 1.50. The lowest BCUT2D eigenvalue weighted by atomic mass is 10.2. The number of aryl methyl sites for hydroxylation is 1. The van der Waals surface area contributed by atoms with Gasteiger partial charge in [0.2, 0.25) is 5.88 Å². The second-order valence-corrected chi connectivity index (χ2v) is 6.16. The first kappa shape index (κ1) is 17.4. The molecule has 1 amide bonds. The third kappa shape index (κ3) is 4.36. The zero-order valence-corrected chi connectivity index (χ0v) is 14.8. The molecule has 1 saturated heterocycles. The van der Waals surface area contributed by atoms with Crippen molar-refractivity contribution in [1.82, 2.24) is 25.0 Å². The van der Waals surface area contributed by atoms with Crippen molar-refractivity contribution >= 4 is 5.91 Å². The molecule has 25 heavy (non-hydrogen) atoms. The number of carbonyl (C=O) groups excluding carboxylic acids is 1. The number of pyridine rings is 1. The van der Waals surface area contributed by atoms with E-state index in [0.717, 1.165) is 31.6 Å². The van der Waals surface area contributed by atoms with Crippen LogP contribution in [0.4, 0.5) is 0 Å². The van der Waals surface area contributed by atoms with Crippen LogP contribution >= 0.6 is 0 Å². The Morgan fingerprint density at radius 1 is 1.36 bits per heavy atom. The van der Waals surface area contributed by atoms with Crippen molar-refractivity contribution in [2.24, 2.45) is 0 Å². The van der Waals surface area contributed by atoms with Crippen LogP contribution in [0, 0.1) is 0 Å². The number of hydrogen-bond acceptors (Lipinski definition) is 5. The molecule has 1 atom stereocenters. The highest BCUT2D eigenvalue weighted by molar-refractivity contribution is 5.92. The molecule has 1 aliphatic heterocycles. The molecule has 7 heteroatoms. The molecule has 1 fully saturated rings. The quantitative estimate of drug-likeness (QED) is 0.828. The van der Waals surface area contributed by atoms with E-state index in [0.29, 0.717) is 24.7 Å². The molecule has 2 aromatic heterocycles. The summed E-state index contributed by atoms with van der Waals surface area (Å²) in [5.74, 6) is 0.610. The maximum atomic E-state index is 12.4. The standard InChI is InChI=1S/C18H25N5O2/c1-3-23-16(7-9-20-23)18(24)21-15-8-10-22(13-15)12-14-5-6-17(19-11-14)25-4-2/h5-7,9,11,15H,3-4,8,10,12-13H2,1-2H3,(H,21,24). The molecule has 0 bridgehead atoms. The summed E-state index contributed by atoms with van der Waals surface area (Å²) in [6.45, 7) is 7.88. The fourth-order valence-corrected chi connectivity index (χ4v) is 3.13. The van der Waals surface area contributed by atoms with Crippen LogP contribution in [0.2, 0.25) is 0 Å². The monoisotopic (exact) mass is 343 g/mol. The summed E-state index contributed by atoms with van der Waals surface area (Å²) >= 11 is 0. The Bertz CT molecular complexity index is 698. The molecule has 3 heterocycles. The number of ether oxygens (including phenoxy) is 1. The molecule has 0 radical (unpaired) electrons. The van der Waals surface area contributed by atoms with Crippen LogP contribution in [0.3, 0.4) is 0 Å². The molecule has 0 spiro atoms. The predicted molar refractivity (Wildman–Crippen MR) is 94.5 cm³/mol. The van der Waals surface area contributed by atoms with E-state index < -0.39 is 0 Å². The lowest BCUT2D eigenvalue weighted by Crippen LogP contribution is -2.38. The third-order valence-corrected chi connectivity index (χ3v) is 4.35. The first-order valence-electron chi connectivity index (χ1n) is 8.82. The van der Waals surface area contributed by atoms with Gasteiger partial charge >= 0.3 is 0 Å². The van der Waals surface area contributed by atoms with Gasteiger partial charge in [-0.3, -0.25) is 14.4 Å². The summed E-state index contributed by atoms with van der Waals surface area (Å²) in [6, 6.07) is 5.88. The van der Waals surface area contributed by atoms with Gasteiger partial charge in [-0.1, -0.05) is 6.07 Å². The molecule has 0 aromatic carbocycles. The largest absolute Gasteiger partial charge is 0.478 e. The molecule has 2 aromatic rings. The van der Waals surface area contributed by atoms with E-state index in [4.69, 9.17) is 4.74 Å². The van der Waals surface area contributed by atoms with Crippen molar-refractivity contribution in [3.63, 3.8) is 0 Å². The van der Waals surface area contributed by atoms with E-state index in [1.54, 1.807) is 16.9 Å². The minimum Gasteiger partial charge on any atom is -0.478 e. The highest BCUT2D eigenvalue weighted by Gasteiger charge is 2.25. The molecule has 0 saturated carbocycles. The SMILES string of the molecule is CCOc1ccc(CN2CCC(NC(=O)c3ccnn3CC)C2)cn1. The van der Waals surface area contributed by atoms with Gasteiger partial charge in [-0.05, 0) is 31.9 Å². The fourth-order valence-electron chi connectivity index (χ4n) is 3.13. The molecule has 0 aliphatic carbocycles. The van der Waals surface area contributed by atoms with E-state index in [2.05, 4.69) is 20.3 Å². The second-order valence-electron chi connectivity index (χ2n) is 6.16. The van der Waals surface area contributed by atoms with E-state index in [9.17, 15) is 4.79 Å². The van der Waals surface area contributed by atoms with Gasteiger partial charge in [-0.25, -0.2) is 4.98 Å². The molecule has 1 aliphatic rings. The first-order valence-corrected chi connectivity index (χ1v) is 8.82. The number of hydrogen-bond donors (Lipinski definition) is 1. The van der Waals surface area contributed by atoms with Gasteiger partial charge in [0.25, 0.3) is 5.91 Å². The number of likely N-dealkylation sites (tertiary alicyclic amines) is 1. The minimum atomic E-state index is -0.0473. The van der Waals surface area contributed by atoms with Gasteiger partial charge in [0.15, 0.2) is 0 Å². The Labute approximate surface area is 148 Å². The first-order chi connectivity index (χ1) is 12.2. The second kappa shape index (κ2) is 8.11. The summed E-state index contributed by atoms with van der Waals surface area (Å²) in [5, 5.41) is 7.27. The Hall–Kier alpha value is -2.41. The Morgan fingerprint density at radius 3 is 2.96 bits per heavy atom. The fraction of sp³-hybridized carbons (Fsp3) is 0.500. The minimum absolute atomic E-state index is 0.0473. The highest BCUT2D eigenvalue weighted by Crippen LogP contribution is 2.15. The smallest absolute Gasteiger partial charge is 0.269 e. The summed E-state index contributed by atoms with van der Waals surface area (Å²) in [7, 11) is 0. The van der Waals surface area contributed by atoms with E-state index in [1.165, 1.54) is 0 Å². The maximum absolute atomic E-state index is 12.4. The van der Waals surface area contributed by atoms with Crippen molar-refractivity contribution in [3.05, 3.63) is 41.9 Å². The van der Waals surface area contributed by atoms with Gasteiger partial charge in [0.1, 0.15) is 5.69 Å². The Kier molecular flexibility index (Phi) is 5.65. The molecule has 1 N–H and O–H groups in total. The molecule has 1 unspecified atom stereocenters. The lowest BCUT2D eigenvalue weighted by molar-refractivity contribution is 0.0927. The van der Waals surface area contributed by atoms with E-state index in [-0.39, 0.29) is 11.9 Å². The Morgan fingerprint density at radius 2 is 2.24 bits per heavy atom. The molecular formula is C18H25N5O2. The van der Waals surface area contributed by atoms with Gasteiger partial charge < -0.3 is 10.1 Å². The zero-order valence-electron chi connectivity index (χ0n) is 14.8. The number of amides is 1. The normalized spacial score (nSPS) is 17.6. The van der Waals surface area contributed by atoms with Crippen LogP contribution in [0.15, 0.2) is 30.6 Å². The topological polar surface area (TPSA) is 72.3 Å². The third-order valence-electron chi connectivity index (χ3n) is 4.35. The highest BCUT2D eigenvalue weighted by atomic mass is 16.5. The lowest BCUT2D eigenvalue weighted by Gasteiger charge is -2.17. The van der Waals surface area contributed by atoms with Gasteiger partial charge in [-0.15, -0.1) is 0 Å². The van der Waals surface area contributed by atoms with Crippen molar-refractivity contribution in [2.45, 2.75) is 39.4 Å². The number of carbonyl (C=O) groups is 1. The number of nitrogens with one attached hydrogen (secondary N) is 1. The van der Waals surface area contributed by atoms with Crippen molar-refractivity contribution in [3.8, 4) is 5.88 Å². The molecule has 134 valence electrons.